The van der Waals surface area contributed by atoms with E-state index in [1.807, 2.05) is 12.1 Å². The number of hydrogen-bond donors (Lipinski definition) is 0. The first-order valence-electron chi connectivity index (χ1n) is 11.5. The topological polar surface area (TPSA) is 24.9 Å². The summed E-state index contributed by atoms with van der Waals surface area (Å²) in [6.45, 7) is 4.51. The van der Waals surface area contributed by atoms with E-state index < -0.39 is 8.22 Å². The van der Waals surface area contributed by atoms with Crippen LogP contribution in [0.3, 0.4) is 0 Å². The Morgan fingerprint density at radius 2 is 0.909 bits per heavy atom. The molecule has 0 amide bonds. The summed E-state index contributed by atoms with van der Waals surface area (Å²) in [6, 6.07) is 32.1. The molecule has 0 heterocycles. The van der Waals surface area contributed by atoms with Crippen LogP contribution < -0.4 is 5.30 Å². The van der Waals surface area contributed by atoms with Gasteiger partial charge >= 0.3 is 0 Å². The summed E-state index contributed by atoms with van der Waals surface area (Å²) in [4.78, 5) is 0. The van der Waals surface area contributed by atoms with Gasteiger partial charge in [0.2, 0.25) is 0 Å². The Labute approximate surface area is 201 Å². The molecule has 0 aromatic heterocycles. The quantitative estimate of drug-likeness (QED) is 0.323. The average molecular weight is 465 g/mol. The third-order valence-corrected chi connectivity index (χ3v) is 9.09. The summed E-state index contributed by atoms with van der Waals surface area (Å²) in [5.41, 5.74) is 2.38. The second-order valence-corrected chi connectivity index (χ2v) is 10.7. The van der Waals surface area contributed by atoms with Gasteiger partial charge in [-0.2, -0.15) is 0 Å². The molecule has 0 aliphatic carbocycles. The Kier molecular flexibility index (Phi) is 9.61. The molecule has 5 heteroatoms. The molecule has 0 aliphatic rings. The summed E-state index contributed by atoms with van der Waals surface area (Å²) >= 11 is 0. The SMILES string of the molecule is CO[C@H](c1ccccc1)[C@H](C)N(C)P(c1ccccc1)N(C)[C@@H](C)[C@H](OC)c1ccccc1. The molecule has 0 unspecified atom stereocenters. The van der Waals surface area contributed by atoms with Crippen molar-refractivity contribution in [3.05, 3.63) is 102 Å². The smallest absolute Gasteiger partial charge is 0.0977 e. The maximum Gasteiger partial charge on any atom is 0.0977 e. The van der Waals surface area contributed by atoms with E-state index in [4.69, 9.17) is 9.47 Å². The highest BCUT2D eigenvalue weighted by Crippen LogP contribution is 2.48. The first-order chi connectivity index (χ1) is 16.0. The molecule has 0 fully saturated rings. The first-order valence-corrected chi connectivity index (χ1v) is 12.7. The summed E-state index contributed by atoms with van der Waals surface area (Å²) in [5.74, 6) is 0. The standard InChI is InChI=1S/C28H37N2O2P/c1-22(27(31-5)24-16-10-7-11-17-24)29(3)33(26-20-14-9-15-21-26)30(4)23(2)28(32-6)25-18-12-8-13-19-25/h7-23,27-28H,1-6H3/t22-,23-,27-,28-/m0/s1. The Balaban J connectivity index is 1.94. The first kappa shape index (κ1) is 25.6. The molecule has 0 saturated carbocycles. The Hall–Kier alpha value is -2.07. The second kappa shape index (κ2) is 12.4. The van der Waals surface area contributed by atoms with E-state index in [2.05, 4.69) is 116 Å². The van der Waals surface area contributed by atoms with E-state index in [1.165, 1.54) is 16.4 Å². The molecule has 3 rings (SSSR count). The van der Waals surface area contributed by atoms with Crippen molar-refractivity contribution in [3.63, 3.8) is 0 Å². The third kappa shape index (κ3) is 6.09. The van der Waals surface area contributed by atoms with Gasteiger partial charge in [0.25, 0.3) is 0 Å². The fourth-order valence-corrected chi connectivity index (χ4v) is 6.94. The van der Waals surface area contributed by atoms with Crippen LogP contribution >= 0.6 is 8.22 Å². The van der Waals surface area contributed by atoms with Crippen molar-refractivity contribution in [3.8, 4) is 0 Å². The van der Waals surface area contributed by atoms with E-state index in [0.29, 0.717) is 0 Å². The summed E-state index contributed by atoms with van der Waals surface area (Å²) in [6.07, 6.45) is -0.0538. The molecule has 0 spiro atoms. The van der Waals surface area contributed by atoms with Crippen LogP contribution in [0.5, 0.6) is 0 Å². The number of ether oxygens (including phenoxy) is 2. The number of nitrogens with zero attached hydrogens (tertiary/aromatic N) is 2. The highest BCUT2D eigenvalue weighted by atomic mass is 31.1. The van der Waals surface area contributed by atoms with Crippen LogP contribution in [0.2, 0.25) is 0 Å². The maximum atomic E-state index is 6.01. The van der Waals surface area contributed by atoms with Crippen LogP contribution in [0.4, 0.5) is 0 Å². The maximum absolute atomic E-state index is 6.01. The average Bonchev–Trinajstić information content (AvgIpc) is 2.86. The lowest BCUT2D eigenvalue weighted by atomic mass is 10.0. The Bertz CT molecular complexity index is 882. The lowest BCUT2D eigenvalue weighted by molar-refractivity contribution is 0.0449. The minimum Gasteiger partial charge on any atom is -0.375 e. The van der Waals surface area contributed by atoms with E-state index in [-0.39, 0.29) is 24.3 Å². The van der Waals surface area contributed by atoms with Crippen molar-refractivity contribution in [1.29, 1.82) is 0 Å². The molecule has 3 aromatic carbocycles. The molecule has 0 aliphatic heterocycles. The minimum absolute atomic E-state index is 0.0269. The van der Waals surface area contributed by atoms with Crippen LogP contribution in [-0.2, 0) is 9.47 Å². The summed E-state index contributed by atoms with van der Waals surface area (Å²) in [5, 5.41) is 1.31. The number of hydrogen-bond acceptors (Lipinski definition) is 4. The van der Waals surface area contributed by atoms with Gasteiger partial charge in [-0.1, -0.05) is 91.0 Å². The van der Waals surface area contributed by atoms with Gasteiger partial charge in [-0.25, -0.2) is 0 Å². The van der Waals surface area contributed by atoms with Gasteiger partial charge in [0.05, 0.1) is 20.4 Å². The lowest BCUT2D eigenvalue weighted by Crippen LogP contribution is -2.42. The van der Waals surface area contributed by atoms with Gasteiger partial charge < -0.3 is 9.47 Å². The number of rotatable bonds is 11. The van der Waals surface area contributed by atoms with Crippen molar-refractivity contribution >= 4 is 13.5 Å². The molecule has 0 bridgehead atoms. The van der Waals surface area contributed by atoms with Gasteiger partial charge in [0.1, 0.15) is 0 Å². The van der Waals surface area contributed by atoms with Gasteiger partial charge in [-0.05, 0) is 39.1 Å². The molecule has 4 nitrogen and oxygen atoms in total. The Morgan fingerprint density at radius 1 is 0.576 bits per heavy atom. The lowest BCUT2D eigenvalue weighted by Gasteiger charge is -2.44. The normalized spacial score (nSPS) is 15.5. The molecule has 3 aromatic rings. The fourth-order valence-electron chi connectivity index (χ4n) is 4.39. The van der Waals surface area contributed by atoms with Gasteiger partial charge in [-0.3, -0.25) is 9.34 Å². The van der Waals surface area contributed by atoms with Crippen molar-refractivity contribution < 1.29 is 9.47 Å². The van der Waals surface area contributed by atoms with Crippen molar-refractivity contribution in [2.45, 2.75) is 38.1 Å². The van der Waals surface area contributed by atoms with Gasteiger partial charge in [-0.15, -0.1) is 0 Å². The zero-order chi connectivity index (χ0) is 23.8. The van der Waals surface area contributed by atoms with Crippen molar-refractivity contribution in [1.82, 2.24) is 9.34 Å². The van der Waals surface area contributed by atoms with E-state index >= 15 is 0 Å². The molecule has 176 valence electrons. The molecular weight excluding hydrogens is 427 g/mol. The monoisotopic (exact) mass is 464 g/mol. The zero-order valence-corrected chi connectivity index (χ0v) is 21.5. The summed E-state index contributed by atoms with van der Waals surface area (Å²) in [7, 11) is 7.22. The minimum atomic E-state index is -0.807. The highest BCUT2D eigenvalue weighted by molar-refractivity contribution is 7.61. The number of likely N-dealkylation sites (N-methyl/N-ethyl adjacent to an activating group) is 2. The highest BCUT2D eigenvalue weighted by Gasteiger charge is 2.35. The Morgan fingerprint density at radius 3 is 1.24 bits per heavy atom. The van der Waals surface area contributed by atoms with Crippen LogP contribution in [-0.4, -0.2) is 49.7 Å². The van der Waals surface area contributed by atoms with Crippen LogP contribution in [0.15, 0.2) is 91.0 Å². The van der Waals surface area contributed by atoms with Gasteiger partial charge in [0, 0.05) is 31.6 Å². The van der Waals surface area contributed by atoms with Crippen LogP contribution in [0, 0.1) is 0 Å². The van der Waals surface area contributed by atoms with E-state index in [9.17, 15) is 0 Å². The van der Waals surface area contributed by atoms with Crippen LogP contribution in [0.25, 0.3) is 0 Å². The molecule has 4 atom stereocenters. The fraction of sp³-hybridized carbons (Fsp3) is 0.357. The number of methoxy groups -OCH3 is 2. The third-order valence-electron chi connectivity index (χ3n) is 6.40. The molecular formula is C28H37N2O2P. The van der Waals surface area contributed by atoms with Crippen molar-refractivity contribution in [2.75, 3.05) is 28.3 Å². The molecule has 33 heavy (non-hydrogen) atoms. The second-order valence-electron chi connectivity index (χ2n) is 8.39. The van der Waals surface area contributed by atoms with Gasteiger partial charge in [0.15, 0.2) is 0 Å². The molecule has 0 radical (unpaired) electrons. The van der Waals surface area contributed by atoms with Crippen molar-refractivity contribution in [2.24, 2.45) is 0 Å². The van der Waals surface area contributed by atoms with E-state index in [0.717, 1.165) is 0 Å². The van der Waals surface area contributed by atoms with Crippen LogP contribution in [0.1, 0.15) is 37.2 Å². The predicted molar refractivity (Wildman–Crippen MR) is 140 cm³/mol. The van der Waals surface area contributed by atoms with E-state index in [1.54, 1.807) is 14.2 Å². The predicted octanol–water partition coefficient (Wildman–Crippen LogP) is 6.04. The molecule has 0 saturated heterocycles. The molecule has 0 N–H and O–H groups in total. The number of benzene rings is 3. The zero-order valence-electron chi connectivity index (χ0n) is 20.6. The largest absolute Gasteiger partial charge is 0.375 e. The summed E-state index contributed by atoms with van der Waals surface area (Å²) < 4.78 is 17.0.